The van der Waals surface area contributed by atoms with Crippen LogP contribution >= 0.6 is 11.3 Å². The number of hydrogen-bond donors (Lipinski definition) is 0. The van der Waals surface area contributed by atoms with Crippen LogP contribution in [0.1, 0.15) is 15.9 Å². The monoisotopic (exact) mass is 293 g/mol. The van der Waals surface area contributed by atoms with Gasteiger partial charge in [-0.3, -0.25) is 4.79 Å². The van der Waals surface area contributed by atoms with Crippen LogP contribution in [0.4, 0.5) is 0 Å². The molecule has 1 aromatic heterocycles. The maximum Gasteiger partial charge on any atom is 0.279 e. The largest absolute Gasteiger partial charge is 0.319 e. The van der Waals surface area contributed by atoms with E-state index in [9.17, 15) is 4.79 Å². The molecule has 0 spiro atoms. The number of carbonyl (C=O) groups is 1. The van der Waals surface area contributed by atoms with E-state index >= 15 is 0 Å². The number of aryl methyl sites for hydroxylation is 1. The lowest BCUT2D eigenvalue weighted by atomic mass is 10.1. The van der Waals surface area contributed by atoms with Crippen LogP contribution < -0.4 is 4.80 Å². The van der Waals surface area contributed by atoms with Crippen LogP contribution in [0.3, 0.4) is 0 Å². The molecule has 0 saturated heterocycles. The molecule has 0 atom stereocenters. The maximum atomic E-state index is 12.2. The van der Waals surface area contributed by atoms with Crippen LogP contribution in [-0.2, 0) is 7.05 Å². The highest BCUT2D eigenvalue weighted by Crippen LogP contribution is 2.15. The first-order valence-corrected chi connectivity index (χ1v) is 7.14. The molecule has 3 aromatic rings. The van der Waals surface area contributed by atoms with Crippen molar-refractivity contribution in [3.05, 3.63) is 64.5 Å². The van der Waals surface area contributed by atoms with Crippen molar-refractivity contribution in [3.63, 3.8) is 0 Å². The van der Waals surface area contributed by atoms with Crippen molar-refractivity contribution in [2.45, 2.75) is 0 Å². The van der Waals surface area contributed by atoms with Crippen LogP contribution in [0.25, 0.3) is 10.2 Å². The molecule has 0 unspecified atom stereocenters. The number of thiazole rings is 1. The van der Waals surface area contributed by atoms with E-state index in [-0.39, 0.29) is 5.91 Å². The van der Waals surface area contributed by atoms with Crippen molar-refractivity contribution in [3.8, 4) is 6.07 Å². The van der Waals surface area contributed by atoms with E-state index in [4.69, 9.17) is 5.26 Å². The van der Waals surface area contributed by atoms with Crippen molar-refractivity contribution in [2.24, 2.45) is 12.0 Å². The van der Waals surface area contributed by atoms with Crippen molar-refractivity contribution in [1.29, 1.82) is 5.26 Å². The van der Waals surface area contributed by atoms with Crippen molar-refractivity contribution < 1.29 is 4.79 Å². The zero-order valence-electron chi connectivity index (χ0n) is 11.3. The molecule has 0 fully saturated rings. The fourth-order valence-corrected chi connectivity index (χ4v) is 3.08. The Balaban J connectivity index is 2.09. The van der Waals surface area contributed by atoms with Gasteiger partial charge in [0.25, 0.3) is 5.91 Å². The first-order valence-electron chi connectivity index (χ1n) is 6.33. The summed E-state index contributed by atoms with van der Waals surface area (Å²) in [5, 5.41) is 8.88. The van der Waals surface area contributed by atoms with Gasteiger partial charge in [-0.1, -0.05) is 29.5 Å². The van der Waals surface area contributed by atoms with Gasteiger partial charge in [-0.2, -0.15) is 10.3 Å². The normalized spacial score (nSPS) is 11.5. The summed E-state index contributed by atoms with van der Waals surface area (Å²) < 4.78 is 2.98. The topological polar surface area (TPSA) is 58.1 Å². The highest BCUT2D eigenvalue weighted by molar-refractivity contribution is 7.16. The molecule has 2 aromatic carbocycles. The number of benzene rings is 2. The predicted octanol–water partition coefficient (Wildman–Crippen LogP) is 2.85. The second kappa shape index (κ2) is 5.35. The average molecular weight is 293 g/mol. The smallest absolute Gasteiger partial charge is 0.279 e. The van der Waals surface area contributed by atoms with E-state index < -0.39 is 0 Å². The highest BCUT2D eigenvalue weighted by atomic mass is 32.1. The molecule has 1 heterocycles. The molecule has 0 saturated carbocycles. The molecule has 0 aliphatic rings. The molecule has 0 aliphatic heterocycles. The van der Waals surface area contributed by atoms with Gasteiger partial charge in [0.15, 0.2) is 4.80 Å². The summed E-state index contributed by atoms with van der Waals surface area (Å²) in [5.74, 6) is -0.339. The Labute approximate surface area is 125 Å². The molecule has 5 heteroatoms. The standard InChI is InChI=1S/C16H11N3OS/c1-19-13-7-2-3-8-14(13)21-16(19)18-15(20)12-6-4-5-11(9-12)10-17/h2-9H,1H3. The van der Waals surface area contributed by atoms with Crippen LogP contribution in [0.5, 0.6) is 0 Å². The number of rotatable bonds is 1. The van der Waals surface area contributed by atoms with Crippen LogP contribution in [0, 0.1) is 11.3 Å². The highest BCUT2D eigenvalue weighted by Gasteiger charge is 2.07. The number of nitrogens with zero attached hydrogens (tertiary/aromatic N) is 3. The van der Waals surface area contributed by atoms with E-state index in [0.717, 1.165) is 10.2 Å². The van der Waals surface area contributed by atoms with Crippen molar-refractivity contribution >= 4 is 27.5 Å². The van der Waals surface area contributed by atoms with Gasteiger partial charge in [-0.05, 0) is 30.3 Å². The average Bonchev–Trinajstić information content (AvgIpc) is 2.84. The third kappa shape index (κ3) is 2.49. The van der Waals surface area contributed by atoms with Crippen LogP contribution in [-0.4, -0.2) is 10.5 Å². The Bertz CT molecular complexity index is 944. The molecule has 1 amide bonds. The summed E-state index contributed by atoms with van der Waals surface area (Å²) in [4.78, 5) is 17.0. The number of carbonyl (C=O) groups excluding carboxylic acids is 1. The third-order valence-corrected chi connectivity index (χ3v) is 4.26. The zero-order chi connectivity index (χ0) is 14.8. The minimum atomic E-state index is -0.339. The van der Waals surface area contributed by atoms with E-state index in [2.05, 4.69) is 4.99 Å². The summed E-state index contributed by atoms with van der Waals surface area (Å²) >= 11 is 1.47. The van der Waals surface area contributed by atoms with Crippen molar-refractivity contribution in [2.75, 3.05) is 0 Å². The summed E-state index contributed by atoms with van der Waals surface area (Å²) in [7, 11) is 1.89. The zero-order valence-corrected chi connectivity index (χ0v) is 12.1. The number of nitriles is 1. The molecular formula is C16H11N3OS. The predicted molar refractivity (Wildman–Crippen MR) is 81.8 cm³/mol. The number of aromatic nitrogens is 1. The number of fused-ring (bicyclic) bond motifs is 1. The van der Waals surface area contributed by atoms with Gasteiger partial charge >= 0.3 is 0 Å². The van der Waals surface area contributed by atoms with Crippen molar-refractivity contribution in [1.82, 2.24) is 4.57 Å². The molecule has 3 rings (SSSR count). The van der Waals surface area contributed by atoms with Gasteiger partial charge in [-0.25, -0.2) is 0 Å². The van der Waals surface area contributed by atoms with E-state index in [1.165, 1.54) is 11.3 Å². The Kier molecular flexibility index (Phi) is 3.38. The summed E-state index contributed by atoms with van der Waals surface area (Å²) in [6.45, 7) is 0. The second-order valence-corrected chi connectivity index (χ2v) is 5.53. The molecule has 0 aliphatic carbocycles. The van der Waals surface area contributed by atoms with Gasteiger partial charge in [0, 0.05) is 12.6 Å². The van der Waals surface area contributed by atoms with Gasteiger partial charge in [0.05, 0.1) is 21.8 Å². The first kappa shape index (κ1) is 13.3. The fourth-order valence-electron chi connectivity index (χ4n) is 2.06. The number of hydrogen-bond acceptors (Lipinski definition) is 3. The fraction of sp³-hybridized carbons (Fsp3) is 0.0625. The Morgan fingerprint density at radius 3 is 2.81 bits per heavy atom. The number of amides is 1. The van der Waals surface area contributed by atoms with E-state index in [0.29, 0.717) is 15.9 Å². The quantitative estimate of drug-likeness (QED) is 0.692. The van der Waals surface area contributed by atoms with Crippen LogP contribution in [0.2, 0.25) is 0 Å². The third-order valence-electron chi connectivity index (χ3n) is 3.15. The Morgan fingerprint density at radius 1 is 1.24 bits per heavy atom. The lowest BCUT2D eigenvalue weighted by molar-refractivity contribution is 0.0998. The summed E-state index contributed by atoms with van der Waals surface area (Å²) in [5.41, 5.74) is 1.92. The van der Waals surface area contributed by atoms with Gasteiger partial charge in [0.1, 0.15) is 0 Å². The molecule has 4 nitrogen and oxygen atoms in total. The van der Waals surface area contributed by atoms with Gasteiger partial charge in [0.2, 0.25) is 0 Å². The second-order valence-electron chi connectivity index (χ2n) is 4.52. The minimum absolute atomic E-state index is 0.339. The lowest BCUT2D eigenvalue weighted by Crippen LogP contribution is -2.13. The molecule has 0 radical (unpaired) electrons. The SMILES string of the molecule is Cn1c(=NC(=O)c2cccc(C#N)c2)sc2ccccc21. The van der Waals surface area contributed by atoms with Gasteiger partial charge in [-0.15, -0.1) is 0 Å². The Morgan fingerprint density at radius 2 is 2.05 bits per heavy atom. The Hall–Kier alpha value is -2.71. The molecule has 0 bridgehead atoms. The lowest BCUT2D eigenvalue weighted by Gasteiger charge is -1.96. The molecular weight excluding hydrogens is 282 g/mol. The first-order chi connectivity index (χ1) is 10.2. The van der Waals surface area contributed by atoms with Crippen LogP contribution in [0.15, 0.2) is 53.5 Å². The molecule has 0 N–H and O–H groups in total. The maximum absolute atomic E-state index is 12.2. The van der Waals surface area contributed by atoms with E-state index in [1.54, 1.807) is 24.3 Å². The summed E-state index contributed by atoms with van der Waals surface area (Å²) in [6, 6.07) is 16.5. The van der Waals surface area contributed by atoms with E-state index in [1.807, 2.05) is 41.9 Å². The van der Waals surface area contributed by atoms with Gasteiger partial charge < -0.3 is 4.57 Å². The number of para-hydroxylation sites is 1. The minimum Gasteiger partial charge on any atom is -0.319 e. The molecule has 102 valence electrons. The molecule has 21 heavy (non-hydrogen) atoms. The summed E-state index contributed by atoms with van der Waals surface area (Å²) in [6.07, 6.45) is 0.